The zero-order valence-electron chi connectivity index (χ0n) is 11.4. The number of nitrogens with one attached hydrogen (secondary N) is 2. The fourth-order valence-corrected chi connectivity index (χ4v) is 2.54. The average molecular weight is 264 g/mol. The maximum Gasteiger partial charge on any atom is 0.225 e. The largest absolute Gasteiger partial charge is 0.364 e. The number of hydrogen-bond donors (Lipinski definition) is 2. The fraction of sp³-hybridized carbons (Fsp3) is 0.538. The van der Waals surface area contributed by atoms with Gasteiger partial charge in [-0.05, 0) is 31.2 Å². The molecule has 0 radical (unpaired) electrons. The molecule has 0 atom stereocenters. The van der Waals surface area contributed by atoms with Crippen LogP contribution in [0.3, 0.4) is 0 Å². The summed E-state index contributed by atoms with van der Waals surface area (Å²) in [5, 5.41) is 9.75. The molecule has 0 amide bonds. The summed E-state index contributed by atoms with van der Waals surface area (Å²) < 4.78 is 0. The predicted octanol–water partition coefficient (Wildman–Crippen LogP) is 3.72. The van der Waals surface area contributed by atoms with Gasteiger partial charge in [0.1, 0.15) is 10.6 Å². The summed E-state index contributed by atoms with van der Waals surface area (Å²) in [6.07, 6.45) is 2.13. The molecule has 98 valence electrons. The molecular formula is C13H20N4S. The van der Waals surface area contributed by atoms with E-state index in [1.54, 1.807) is 11.3 Å². The van der Waals surface area contributed by atoms with Crippen molar-refractivity contribution in [2.75, 3.05) is 17.7 Å². The number of aromatic nitrogens is 2. The smallest absolute Gasteiger partial charge is 0.225 e. The zero-order valence-corrected chi connectivity index (χ0v) is 12.2. The summed E-state index contributed by atoms with van der Waals surface area (Å²) in [6.45, 7) is 6.62. The minimum absolute atomic E-state index is 0.0776. The number of fused-ring (bicyclic) bond motifs is 1. The highest BCUT2D eigenvalue weighted by Crippen LogP contribution is 2.30. The highest BCUT2D eigenvalue weighted by Gasteiger charge is 2.21. The van der Waals surface area contributed by atoms with E-state index in [9.17, 15) is 0 Å². The van der Waals surface area contributed by atoms with E-state index in [1.165, 1.54) is 0 Å². The molecule has 0 aliphatic carbocycles. The second-order valence-corrected chi connectivity index (χ2v) is 5.57. The van der Waals surface area contributed by atoms with E-state index in [0.717, 1.165) is 28.9 Å². The molecule has 0 aliphatic rings. The van der Waals surface area contributed by atoms with Crippen molar-refractivity contribution in [3.8, 4) is 0 Å². The zero-order chi connectivity index (χ0) is 13.2. The van der Waals surface area contributed by atoms with Gasteiger partial charge in [0.25, 0.3) is 0 Å². The molecule has 4 nitrogen and oxygen atoms in total. The van der Waals surface area contributed by atoms with Gasteiger partial charge < -0.3 is 10.6 Å². The molecule has 2 aromatic rings. The van der Waals surface area contributed by atoms with Crippen LogP contribution in [0.5, 0.6) is 0 Å². The van der Waals surface area contributed by atoms with Crippen LogP contribution in [0.2, 0.25) is 0 Å². The van der Waals surface area contributed by atoms with Crippen molar-refractivity contribution in [1.82, 2.24) is 9.97 Å². The molecule has 2 rings (SSSR count). The Hall–Kier alpha value is -1.36. The standard InChI is InChI=1S/C13H20N4S/c1-5-13(3,6-2)17-10-9-7-8-18-11(9)16-12(14-4)15-10/h7-8H,5-6H2,1-4H3,(H2,14,15,16,17). The molecule has 0 fully saturated rings. The molecule has 2 aromatic heterocycles. The first kappa shape index (κ1) is 13.1. The molecule has 18 heavy (non-hydrogen) atoms. The SMILES string of the molecule is CCC(C)(CC)Nc1nc(NC)nc2sccc12. The van der Waals surface area contributed by atoms with Crippen molar-refractivity contribution < 1.29 is 0 Å². The maximum absolute atomic E-state index is 4.55. The van der Waals surface area contributed by atoms with E-state index in [2.05, 4.69) is 52.8 Å². The number of rotatable bonds is 5. The van der Waals surface area contributed by atoms with Gasteiger partial charge in [0, 0.05) is 12.6 Å². The van der Waals surface area contributed by atoms with Crippen molar-refractivity contribution in [1.29, 1.82) is 0 Å². The summed E-state index contributed by atoms with van der Waals surface area (Å²) in [6, 6.07) is 2.08. The Morgan fingerprint density at radius 2 is 2.00 bits per heavy atom. The average Bonchev–Trinajstić information content (AvgIpc) is 2.86. The molecule has 2 N–H and O–H groups in total. The Bertz CT molecular complexity index is 531. The molecule has 0 aromatic carbocycles. The second-order valence-electron chi connectivity index (χ2n) is 4.68. The second kappa shape index (κ2) is 5.10. The minimum atomic E-state index is 0.0776. The van der Waals surface area contributed by atoms with Gasteiger partial charge in [-0.25, -0.2) is 4.98 Å². The first-order chi connectivity index (χ1) is 8.61. The van der Waals surface area contributed by atoms with Gasteiger partial charge in [0.05, 0.1) is 5.39 Å². The number of nitrogens with zero attached hydrogens (tertiary/aromatic N) is 2. The quantitative estimate of drug-likeness (QED) is 0.864. The molecule has 0 unspecified atom stereocenters. The van der Waals surface area contributed by atoms with Crippen molar-refractivity contribution in [3.63, 3.8) is 0 Å². The third-order valence-corrected chi connectivity index (χ3v) is 4.34. The van der Waals surface area contributed by atoms with Crippen LogP contribution < -0.4 is 10.6 Å². The number of anilines is 2. The lowest BCUT2D eigenvalue weighted by molar-refractivity contribution is 0.477. The lowest BCUT2D eigenvalue weighted by Gasteiger charge is -2.29. The Balaban J connectivity index is 2.45. The third kappa shape index (κ3) is 2.41. The molecular weight excluding hydrogens is 244 g/mol. The summed E-state index contributed by atoms with van der Waals surface area (Å²) in [4.78, 5) is 10.0. The van der Waals surface area contributed by atoms with Crippen molar-refractivity contribution >= 4 is 33.3 Å². The topological polar surface area (TPSA) is 49.8 Å². The van der Waals surface area contributed by atoms with Gasteiger partial charge in [-0.15, -0.1) is 11.3 Å². The van der Waals surface area contributed by atoms with Crippen LogP contribution in [-0.4, -0.2) is 22.6 Å². The molecule has 0 saturated heterocycles. The van der Waals surface area contributed by atoms with Crippen LogP contribution in [0, 0.1) is 0 Å². The minimum Gasteiger partial charge on any atom is -0.364 e. The Labute approximate surface area is 112 Å². The van der Waals surface area contributed by atoms with E-state index in [1.807, 2.05) is 7.05 Å². The van der Waals surface area contributed by atoms with Gasteiger partial charge >= 0.3 is 0 Å². The van der Waals surface area contributed by atoms with Crippen LogP contribution >= 0.6 is 11.3 Å². The third-order valence-electron chi connectivity index (χ3n) is 3.53. The predicted molar refractivity (Wildman–Crippen MR) is 79.6 cm³/mol. The summed E-state index contributed by atoms with van der Waals surface area (Å²) in [7, 11) is 1.84. The van der Waals surface area contributed by atoms with Gasteiger partial charge in [0.15, 0.2) is 0 Å². The number of thiophene rings is 1. The molecule has 2 heterocycles. The van der Waals surface area contributed by atoms with E-state index in [0.29, 0.717) is 5.95 Å². The molecule has 0 spiro atoms. The monoisotopic (exact) mass is 264 g/mol. The number of hydrogen-bond acceptors (Lipinski definition) is 5. The van der Waals surface area contributed by atoms with Gasteiger partial charge in [-0.1, -0.05) is 13.8 Å². The molecule has 0 saturated carbocycles. The van der Waals surface area contributed by atoms with Crippen molar-refractivity contribution in [2.24, 2.45) is 0 Å². The highest BCUT2D eigenvalue weighted by atomic mass is 32.1. The Morgan fingerprint density at radius 1 is 1.28 bits per heavy atom. The van der Waals surface area contributed by atoms with Crippen molar-refractivity contribution in [2.45, 2.75) is 39.2 Å². The lowest BCUT2D eigenvalue weighted by Crippen LogP contribution is -2.33. The summed E-state index contributed by atoms with van der Waals surface area (Å²) in [5.74, 6) is 1.60. The fourth-order valence-electron chi connectivity index (χ4n) is 1.78. The molecule has 0 bridgehead atoms. The van der Waals surface area contributed by atoms with Crippen molar-refractivity contribution in [3.05, 3.63) is 11.4 Å². The highest BCUT2D eigenvalue weighted by molar-refractivity contribution is 7.16. The van der Waals surface area contributed by atoms with Crippen LogP contribution in [0.25, 0.3) is 10.2 Å². The van der Waals surface area contributed by atoms with Crippen LogP contribution in [0.1, 0.15) is 33.6 Å². The molecule has 0 aliphatic heterocycles. The van der Waals surface area contributed by atoms with Gasteiger partial charge in [0.2, 0.25) is 5.95 Å². The van der Waals surface area contributed by atoms with Gasteiger partial charge in [-0.2, -0.15) is 4.98 Å². The molecule has 5 heteroatoms. The van der Waals surface area contributed by atoms with E-state index < -0.39 is 0 Å². The first-order valence-corrected chi connectivity index (χ1v) is 7.21. The summed E-state index contributed by atoms with van der Waals surface area (Å²) in [5.41, 5.74) is 0.0776. The van der Waals surface area contributed by atoms with E-state index >= 15 is 0 Å². The van der Waals surface area contributed by atoms with Crippen LogP contribution in [0.15, 0.2) is 11.4 Å². The first-order valence-electron chi connectivity index (χ1n) is 6.33. The Morgan fingerprint density at radius 3 is 2.61 bits per heavy atom. The van der Waals surface area contributed by atoms with Crippen LogP contribution in [0.4, 0.5) is 11.8 Å². The van der Waals surface area contributed by atoms with Crippen LogP contribution in [-0.2, 0) is 0 Å². The van der Waals surface area contributed by atoms with Gasteiger partial charge in [-0.3, -0.25) is 0 Å². The lowest BCUT2D eigenvalue weighted by atomic mass is 9.95. The summed E-state index contributed by atoms with van der Waals surface area (Å²) >= 11 is 1.64. The van der Waals surface area contributed by atoms with E-state index in [4.69, 9.17) is 0 Å². The van der Waals surface area contributed by atoms with E-state index in [-0.39, 0.29) is 5.54 Å². The normalized spacial score (nSPS) is 11.8. The Kier molecular flexibility index (Phi) is 3.71. The maximum atomic E-state index is 4.55.